The number of ketones is 1. The third kappa shape index (κ3) is 1.32. The molecular formula is C11H18O2. The molecule has 0 spiro atoms. The van der Waals surface area contributed by atoms with Gasteiger partial charge in [-0.05, 0) is 37.5 Å². The molecule has 0 N–H and O–H groups in total. The fraction of sp³-hybridized carbons (Fsp3) is 0.909. The first-order valence-corrected chi connectivity index (χ1v) is 5.19. The quantitative estimate of drug-likeness (QED) is 0.622. The van der Waals surface area contributed by atoms with Crippen molar-refractivity contribution in [2.45, 2.75) is 51.0 Å². The molecule has 3 fully saturated rings. The minimum atomic E-state index is -0.393. The van der Waals surface area contributed by atoms with Crippen molar-refractivity contribution in [3.8, 4) is 0 Å². The van der Waals surface area contributed by atoms with Crippen molar-refractivity contribution in [2.75, 3.05) is 7.11 Å². The highest BCUT2D eigenvalue weighted by atomic mass is 16.5. The summed E-state index contributed by atoms with van der Waals surface area (Å²) in [6.45, 7) is 2.31. The van der Waals surface area contributed by atoms with E-state index in [-0.39, 0.29) is 0 Å². The van der Waals surface area contributed by atoms with Gasteiger partial charge in [0.2, 0.25) is 0 Å². The number of methoxy groups -OCH3 is 1. The second kappa shape index (κ2) is 2.81. The smallest absolute Gasteiger partial charge is 0.164 e. The molecule has 2 heteroatoms. The van der Waals surface area contributed by atoms with Gasteiger partial charge in [-0.25, -0.2) is 0 Å². The van der Waals surface area contributed by atoms with Crippen molar-refractivity contribution in [1.29, 1.82) is 0 Å². The average Bonchev–Trinajstić information content (AvgIpc) is 2.34. The lowest BCUT2D eigenvalue weighted by molar-refractivity contribution is -0.143. The van der Waals surface area contributed by atoms with Gasteiger partial charge in [-0.1, -0.05) is 6.92 Å². The topological polar surface area (TPSA) is 26.3 Å². The van der Waals surface area contributed by atoms with E-state index in [0.717, 1.165) is 38.5 Å². The lowest BCUT2D eigenvalue weighted by atomic mass is 9.71. The summed E-state index contributed by atoms with van der Waals surface area (Å²) in [6.07, 6.45) is 6.00. The summed E-state index contributed by atoms with van der Waals surface area (Å²) in [7, 11) is 1.69. The Morgan fingerprint density at radius 2 is 1.77 bits per heavy atom. The molecule has 0 saturated heterocycles. The van der Waals surface area contributed by atoms with Crippen molar-refractivity contribution in [2.24, 2.45) is 5.41 Å². The molecule has 13 heavy (non-hydrogen) atoms. The Bertz CT molecular complexity index is 224. The molecule has 0 unspecified atom stereocenters. The maximum absolute atomic E-state index is 11.8. The maximum Gasteiger partial charge on any atom is 0.164 e. The SMILES string of the molecule is COC12CCC(C)(CCC1=O)CC2. The van der Waals surface area contributed by atoms with Crippen molar-refractivity contribution in [3.63, 3.8) is 0 Å². The monoisotopic (exact) mass is 182 g/mol. The molecule has 3 aliphatic rings. The molecule has 0 amide bonds. The standard InChI is InChI=1S/C11H18O2/c1-10-4-3-9(12)11(13-2,7-5-10)8-6-10/h3-8H2,1-2H3. The Labute approximate surface area is 79.7 Å². The Morgan fingerprint density at radius 3 is 2.31 bits per heavy atom. The van der Waals surface area contributed by atoms with E-state index in [1.807, 2.05) is 0 Å². The number of carbonyl (C=O) groups is 1. The fourth-order valence-electron chi connectivity index (χ4n) is 2.75. The molecule has 74 valence electrons. The molecule has 3 rings (SSSR count). The van der Waals surface area contributed by atoms with Crippen LogP contribution in [0.5, 0.6) is 0 Å². The summed E-state index contributed by atoms with van der Waals surface area (Å²) in [5.74, 6) is 0.344. The average molecular weight is 182 g/mol. The highest BCUT2D eigenvalue weighted by Gasteiger charge is 2.48. The van der Waals surface area contributed by atoms with E-state index in [2.05, 4.69) is 6.92 Å². The Morgan fingerprint density at radius 1 is 1.15 bits per heavy atom. The molecule has 0 radical (unpaired) electrons. The summed E-state index contributed by atoms with van der Waals surface area (Å²) in [6, 6.07) is 0. The van der Waals surface area contributed by atoms with E-state index in [1.165, 1.54) is 0 Å². The number of carbonyl (C=O) groups excluding carboxylic acids is 1. The van der Waals surface area contributed by atoms with Crippen LogP contribution in [-0.4, -0.2) is 18.5 Å². The third-order valence-corrected chi connectivity index (χ3v) is 4.12. The van der Waals surface area contributed by atoms with Crippen LogP contribution in [0.15, 0.2) is 0 Å². The van der Waals surface area contributed by atoms with Crippen LogP contribution in [0.1, 0.15) is 45.4 Å². The van der Waals surface area contributed by atoms with Gasteiger partial charge in [0.15, 0.2) is 5.78 Å². The largest absolute Gasteiger partial charge is 0.370 e. The molecule has 0 aromatic heterocycles. The van der Waals surface area contributed by atoms with Crippen LogP contribution < -0.4 is 0 Å². The molecule has 0 aromatic rings. The Balaban J connectivity index is 2.28. The number of ether oxygens (including phenoxy) is 1. The van der Waals surface area contributed by atoms with Crippen LogP contribution in [0.25, 0.3) is 0 Å². The summed E-state index contributed by atoms with van der Waals surface area (Å²) in [5, 5.41) is 0. The van der Waals surface area contributed by atoms with Gasteiger partial charge in [0, 0.05) is 13.5 Å². The Hall–Kier alpha value is -0.370. The molecule has 0 heterocycles. The molecule has 0 aromatic carbocycles. The zero-order valence-corrected chi connectivity index (χ0v) is 8.56. The summed E-state index contributed by atoms with van der Waals surface area (Å²) >= 11 is 0. The first-order chi connectivity index (χ1) is 6.10. The van der Waals surface area contributed by atoms with Gasteiger partial charge in [-0.2, -0.15) is 0 Å². The van der Waals surface area contributed by atoms with Crippen LogP contribution in [0.3, 0.4) is 0 Å². The maximum atomic E-state index is 11.8. The van der Waals surface area contributed by atoms with Crippen molar-refractivity contribution in [3.05, 3.63) is 0 Å². The van der Waals surface area contributed by atoms with E-state index in [1.54, 1.807) is 7.11 Å². The molecule has 3 saturated carbocycles. The predicted molar refractivity (Wildman–Crippen MR) is 50.6 cm³/mol. The number of hydrogen-bond donors (Lipinski definition) is 0. The number of fused-ring (bicyclic) bond motifs is 4. The second-order valence-electron chi connectivity index (χ2n) is 4.93. The van der Waals surface area contributed by atoms with Crippen LogP contribution in [-0.2, 0) is 9.53 Å². The number of Topliss-reactive ketones (excluding diaryl/α,β-unsaturated/α-hetero) is 1. The fourth-order valence-corrected chi connectivity index (χ4v) is 2.75. The van der Waals surface area contributed by atoms with Gasteiger partial charge < -0.3 is 4.74 Å². The van der Waals surface area contributed by atoms with Crippen LogP contribution >= 0.6 is 0 Å². The molecule has 0 aliphatic heterocycles. The summed E-state index contributed by atoms with van der Waals surface area (Å²) in [5.41, 5.74) is 0.0319. The van der Waals surface area contributed by atoms with Gasteiger partial charge in [-0.3, -0.25) is 4.79 Å². The predicted octanol–water partition coefficient (Wildman–Crippen LogP) is 2.31. The highest BCUT2D eigenvalue weighted by Crippen LogP contribution is 2.49. The molecule has 2 nitrogen and oxygen atoms in total. The summed E-state index contributed by atoms with van der Waals surface area (Å²) in [4.78, 5) is 11.8. The first-order valence-electron chi connectivity index (χ1n) is 5.19. The van der Waals surface area contributed by atoms with Gasteiger partial charge in [0.25, 0.3) is 0 Å². The van der Waals surface area contributed by atoms with Crippen molar-refractivity contribution < 1.29 is 9.53 Å². The minimum absolute atomic E-state index is 0.344. The van der Waals surface area contributed by atoms with Gasteiger partial charge in [-0.15, -0.1) is 0 Å². The van der Waals surface area contributed by atoms with E-state index < -0.39 is 5.60 Å². The van der Waals surface area contributed by atoms with Crippen molar-refractivity contribution >= 4 is 5.78 Å². The molecule has 2 bridgehead atoms. The van der Waals surface area contributed by atoms with E-state index in [4.69, 9.17) is 4.74 Å². The lowest BCUT2D eigenvalue weighted by Crippen LogP contribution is -2.42. The highest BCUT2D eigenvalue weighted by molar-refractivity contribution is 5.88. The molecule has 0 atom stereocenters. The lowest BCUT2D eigenvalue weighted by Gasteiger charge is -2.38. The third-order valence-electron chi connectivity index (χ3n) is 4.12. The van der Waals surface area contributed by atoms with Gasteiger partial charge in [0.1, 0.15) is 5.60 Å². The molecular weight excluding hydrogens is 164 g/mol. The second-order valence-corrected chi connectivity index (χ2v) is 4.93. The zero-order chi connectivity index (χ0) is 9.53. The number of rotatable bonds is 1. The van der Waals surface area contributed by atoms with Gasteiger partial charge >= 0.3 is 0 Å². The Kier molecular flexibility index (Phi) is 1.99. The van der Waals surface area contributed by atoms with E-state index in [0.29, 0.717) is 11.2 Å². The zero-order valence-electron chi connectivity index (χ0n) is 8.56. The van der Waals surface area contributed by atoms with Crippen LogP contribution in [0.2, 0.25) is 0 Å². The van der Waals surface area contributed by atoms with Crippen LogP contribution in [0, 0.1) is 5.41 Å². The normalized spacial score (nSPS) is 44.9. The van der Waals surface area contributed by atoms with E-state index >= 15 is 0 Å². The van der Waals surface area contributed by atoms with Crippen molar-refractivity contribution in [1.82, 2.24) is 0 Å². The van der Waals surface area contributed by atoms with Crippen LogP contribution in [0.4, 0.5) is 0 Å². The molecule has 3 aliphatic carbocycles. The van der Waals surface area contributed by atoms with E-state index in [9.17, 15) is 4.79 Å². The number of hydrogen-bond acceptors (Lipinski definition) is 2. The van der Waals surface area contributed by atoms with Gasteiger partial charge in [0.05, 0.1) is 0 Å². The minimum Gasteiger partial charge on any atom is -0.370 e. The first kappa shape index (κ1) is 9.20. The summed E-state index contributed by atoms with van der Waals surface area (Å²) < 4.78 is 5.45.